The fourth-order valence-corrected chi connectivity index (χ4v) is 2.06. The zero-order valence-corrected chi connectivity index (χ0v) is 9.80. The maximum absolute atomic E-state index is 11.7. The number of nitrogens with zero attached hydrogens (tertiary/aromatic N) is 1. The largest absolute Gasteiger partial charge is 0.486 e. The van der Waals surface area contributed by atoms with Crippen molar-refractivity contribution < 1.29 is 19.0 Å². The monoisotopic (exact) mass is 250 g/mol. The number of ether oxygens (including phenoxy) is 3. The molecule has 2 aliphatic rings. The Kier molecular flexibility index (Phi) is 2.71. The van der Waals surface area contributed by atoms with Gasteiger partial charge in [-0.15, -0.1) is 0 Å². The van der Waals surface area contributed by atoms with Gasteiger partial charge < -0.3 is 19.9 Å². The summed E-state index contributed by atoms with van der Waals surface area (Å²) in [7, 11) is 0. The van der Waals surface area contributed by atoms with Gasteiger partial charge in [0.15, 0.2) is 11.5 Å². The molecular formula is C12H14N2O4. The van der Waals surface area contributed by atoms with Gasteiger partial charge in [-0.1, -0.05) is 0 Å². The number of fused-ring (bicyclic) bond motifs is 1. The minimum atomic E-state index is -0.373. The van der Waals surface area contributed by atoms with Crippen molar-refractivity contribution in [1.29, 1.82) is 0 Å². The molecule has 0 spiro atoms. The van der Waals surface area contributed by atoms with E-state index in [1.165, 1.54) is 0 Å². The summed E-state index contributed by atoms with van der Waals surface area (Å²) in [5.74, 6) is 1.36. The van der Waals surface area contributed by atoms with Crippen molar-refractivity contribution in [3.63, 3.8) is 0 Å². The molecule has 0 aliphatic carbocycles. The number of hydrogen-bond acceptors (Lipinski definition) is 5. The van der Waals surface area contributed by atoms with Gasteiger partial charge in [0.2, 0.25) is 0 Å². The molecule has 1 atom stereocenters. The van der Waals surface area contributed by atoms with Gasteiger partial charge in [0.25, 0.3) is 0 Å². The second-order valence-electron chi connectivity index (χ2n) is 4.18. The molecule has 96 valence electrons. The summed E-state index contributed by atoms with van der Waals surface area (Å²) in [5, 5.41) is 0. The first-order valence-electron chi connectivity index (χ1n) is 5.86. The number of nitrogens with two attached hydrogens (primary N) is 1. The van der Waals surface area contributed by atoms with E-state index in [-0.39, 0.29) is 12.2 Å². The second kappa shape index (κ2) is 4.38. The van der Waals surface area contributed by atoms with E-state index in [1.54, 1.807) is 17.0 Å². The van der Waals surface area contributed by atoms with Gasteiger partial charge in [0.1, 0.15) is 19.3 Å². The number of carbonyl (C=O) groups excluding carboxylic acids is 1. The molecular weight excluding hydrogens is 236 g/mol. The SMILES string of the molecule is NCC1CN(c2ccc3c(c2)OCCO3)C(=O)O1. The molecule has 2 N–H and O–H groups in total. The fourth-order valence-electron chi connectivity index (χ4n) is 2.06. The van der Waals surface area contributed by atoms with Crippen LogP contribution < -0.4 is 20.1 Å². The highest BCUT2D eigenvalue weighted by Gasteiger charge is 2.32. The average Bonchev–Trinajstić information content (AvgIpc) is 2.79. The summed E-state index contributed by atoms with van der Waals surface area (Å²) in [6.45, 7) is 1.86. The zero-order valence-electron chi connectivity index (χ0n) is 9.80. The highest BCUT2D eigenvalue weighted by molar-refractivity contribution is 5.90. The second-order valence-corrected chi connectivity index (χ2v) is 4.18. The Hall–Kier alpha value is -1.95. The third kappa shape index (κ3) is 1.84. The molecule has 2 aliphatic heterocycles. The molecule has 0 aromatic heterocycles. The van der Waals surface area contributed by atoms with Crippen molar-refractivity contribution in [2.45, 2.75) is 6.10 Å². The van der Waals surface area contributed by atoms with Gasteiger partial charge in [-0.2, -0.15) is 0 Å². The molecule has 18 heavy (non-hydrogen) atoms. The van der Waals surface area contributed by atoms with Crippen LogP contribution in [0.1, 0.15) is 0 Å². The zero-order chi connectivity index (χ0) is 12.5. The Morgan fingerprint density at radius 1 is 1.28 bits per heavy atom. The fraction of sp³-hybridized carbons (Fsp3) is 0.417. The van der Waals surface area contributed by atoms with Crippen molar-refractivity contribution in [3.8, 4) is 11.5 Å². The van der Waals surface area contributed by atoms with Crippen LogP contribution in [0.4, 0.5) is 10.5 Å². The number of anilines is 1. The van der Waals surface area contributed by atoms with Crippen LogP contribution in [0.2, 0.25) is 0 Å². The van der Waals surface area contributed by atoms with Gasteiger partial charge >= 0.3 is 6.09 Å². The average molecular weight is 250 g/mol. The number of benzene rings is 1. The molecule has 3 rings (SSSR count). The normalized spacial score (nSPS) is 21.9. The predicted octanol–water partition coefficient (Wildman–Crippen LogP) is 0.742. The highest BCUT2D eigenvalue weighted by Crippen LogP contribution is 2.35. The molecule has 0 saturated carbocycles. The van der Waals surface area contributed by atoms with E-state index in [1.807, 2.05) is 6.07 Å². The van der Waals surface area contributed by atoms with Crippen LogP contribution in [-0.4, -0.2) is 38.5 Å². The lowest BCUT2D eigenvalue weighted by molar-refractivity contribution is 0.145. The minimum absolute atomic E-state index is 0.245. The summed E-state index contributed by atoms with van der Waals surface area (Å²) in [6, 6.07) is 5.40. The summed E-state index contributed by atoms with van der Waals surface area (Å²) in [5.41, 5.74) is 6.23. The van der Waals surface area contributed by atoms with Crippen molar-refractivity contribution in [3.05, 3.63) is 18.2 Å². The van der Waals surface area contributed by atoms with Crippen molar-refractivity contribution in [2.75, 3.05) is 31.2 Å². The van der Waals surface area contributed by atoms with Crippen LogP contribution in [0.5, 0.6) is 11.5 Å². The molecule has 0 bridgehead atoms. The van der Waals surface area contributed by atoms with Gasteiger partial charge in [0.05, 0.1) is 12.2 Å². The number of carbonyl (C=O) groups is 1. The predicted molar refractivity (Wildman–Crippen MR) is 64.1 cm³/mol. The quantitative estimate of drug-likeness (QED) is 0.838. The molecule has 1 aromatic rings. The van der Waals surface area contributed by atoms with Gasteiger partial charge in [-0.3, -0.25) is 4.90 Å². The minimum Gasteiger partial charge on any atom is -0.486 e. The topological polar surface area (TPSA) is 74.0 Å². The third-order valence-corrected chi connectivity index (χ3v) is 2.97. The smallest absolute Gasteiger partial charge is 0.414 e. The van der Waals surface area contributed by atoms with Crippen LogP contribution in [0.25, 0.3) is 0 Å². The summed E-state index contributed by atoms with van der Waals surface area (Å²) in [6.07, 6.45) is -0.618. The standard InChI is InChI=1S/C12H14N2O4/c13-6-9-7-14(12(15)18-9)8-1-2-10-11(5-8)17-4-3-16-10/h1-2,5,9H,3-4,6-7,13H2. The van der Waals surface area contributed by atoms with Crippen molar-refractivity contribution >= 4 is 11.8 Å². The third-order valence-electron chi connectivity index (χ3n) is 2.97. The number of amides is 1. The Morgan fingerprint density at radius 2 is 2.06 bits per heavy atom. The summed E-state index contributed by atoms with van der Waals surface area (Å²) < 4.78 is 16.0. The first-order chi connectivity index (χ1) is 8.78. The molecule has 1 amide bonds. The first kappa shape index (κ1) is 11.2. The summed E-state index contributed by atoms with van der Waals surface area (Å²) in [4.78, 5) is 13.2. The van der Waals surface area contributed by atoms with Crippen molar-refractivity contribution in [1.82, 2.24) is 0 Å². The molecule has 1 unspecified atom stereocenters. The van der Waals surface area contributed by atoms with E-state index in [9.17, 15) is 4.79 Å². The lowest BCUT2D eigenvalue weighted by Gasteiger charge is -2.20. The van der Waals surface area contributed by atoms with Crippen LogP contribution in [-0.2, 0) is 4.74 Å². The molecule has 6 nitrogen and oxygen atoms in total. The molecule has 6 heteroatoms. The van der Waals surface area contributed by atoms with E-state index >= 15 is 0 Å². The van der Waals surface area contributed by atoms with Crippen LogP contribution in [0.15, 0.2) is 18.2 Å². The number of rotatable bonds is 2. The van der Waals surface area contributed by atoms with Crippen LogP contribution in [0.3, 0.4) is 0 Å². The molecule has 2 heterocycles. The van der Waals surface area contributed by atoms with E-state index in [0.717, 1.165) is 5.69 Å². The Morgan fingerprint density at radius 3 is 2.78 bits per heavy atom. The van der Waals surface area contributed by atoms with E-state index in [4.69, 9.17) is 19.9 Å². The van der Waals surface area contributed by atoms with E-state index in [2.05, 4.69) is 0 Å². The van der Waals surface area contributed by atoms with Gasteiger partial charge in [-0.25, -0.2) is 4.79 Å². The van der Waals surface area contributed by atoms with E-state index < -0.39 is 0 Å². The van der Waals surface area contributed by atoms with Crippen molar-refractivity contribution in [2.24, 2.45) is 5.73 Å². The first-order valence-corrected chi connectivity index (χ1v) is 5.86. The Bertz CT molecular complexity index is 477. The van der Waals surface area contributed by atoms with Gasteiger partial charge in [0, 0.05) is 12.6 Å². The molecule has 1 aromatic carbocycles. The maximum atomic E-state index is 11.7. The summed E-state index contributed by atoms with van der Waals surface area (Å²) >= 11 is 0. The van der Waals surface area contributed by atoms with Gasteiger partial charge in [-0.05, 0) is 12.1 Å². The number of cyclic esters (lactones) is 1. The molecule has 1 saturated heterocycles. The highest BCUT2D eigenvalue weighted by atomic mass is 16.6. The van der Waals surface area contributed by atoms with E-state index in [0.29, 0.717) is 37.8 Å². The molecule has 0 radical (unpaired) electrons. The lowest BCUT2D eigenvalue weighted by atomic mass is 10.2. The van der Waals surface area contributed by atoms with Crippen LogP contribution >= 0.6 is 0 Å². The maximum Gasteiger partial charge on any atom is 0.414 e. The number of hydrogen-bond donors (Lipinski definition) is 1. The molecule has 1 fully saturated rings. The Balaban J connectivity index is 1.86. The Labute approximate surface area is 104 Å². The van der Waals surface area contributed by atoms with Crippen LogP contribution in [0, 0.1) is 0 Å². The lowest BCUT2D eigenvalue weighted by Crippen LogP contribution is -2.27.